The molecule has 0 saturated heterocycles. The first-order chi connectivity index (χ1) is 13.7. The Morgan fingerprint density at radius 3 is 2.14 bits per heavy atom. The lowest BCUT2D eigenvalue weighted by molar-refractivity contribution is 0.275. The maximum absolute atomic E-state index is 5.70. The van der Waals surface area contributed by atoms with Crippen LogP contribution in [0, 0.1) is 0 Å². The lowest BCUT2D eigenvalue weighted by Gasteiger charge is -2.35. The zero-order chi connectivity index (χ0) is 21.0. The summed E-state index contributed by atoms with van der Waals surface area (Å²) in [7, 11) is 0. The van der Waals surface area contributed by atoms with Gasteiger partial charge >= 0.3 is 0 Å². The molecule has 5 heteroatoms. The van der Waals surface area contributed by atoms with Crippen LogP contribution in [0.25, 0.3) is 0 Å². The van der Waals surface area contributed by atoms with Crippen molar-refractivity contribution in [2.75, 3.05) is 0 Å². The third kappa shape index (κ3) is 5.08. The van der Waals surface area contributed by atoms with Crippen molar-refractivity contribution in [2.24, 2.45) is 0 Å². The van der Waals surface area contributed by atoms with Crippen molar-refractivity contribution in [2.45, 2.75) is 76.5 Å². The Labute approximate surface area is 174 Å². The minimum atomic E-state index is -0.0857. The van der Waals surface area contributed by atoms with Crippen molar-refractivity contribution in [1.29, 1.82) is 0 Å². The molecule has 154 valence electrons. The van der Waals surface area contributed by atoms with E-state index >= 15 is 0 Å². The van der Waals surface area contributed by atoms with Gasteiger partial charge in [0.2, 0.25) is 0 Å². The van der Waals surface area contributed by atoms with Crippen LogP contribution >= 0.6 is 0 Å². The van der Waals surface area contributed by atoms with E-state index in [-0.39, 0.29) is 16.2 Å². The zero-order valence-corrected chi connectivity index (χ0v) is 18.2. The molecule has 3 heterocycles. The topological polar surface area (TPSA) is 64.7 Å². The van der Waals surface area contributed by atoms with Gasteiger partial charge in [0.15, 0.2) is 0 Å². The number of rotatable bonds is 9. The summed E-state index contributed by atoms with van der Waals surface area (Å²) in [6.07, 6.45) is 12.8. The average molecular weight is 393 g/mol. The molecule has 1 unspecified atom stereocenters. The maximum atomic E-state index is 5.70. The Morgan fingerprint density at radius 1 is 0.793 bits per heavy atom. The zero-order valence-electron chi connectivity index (χ0n) is 18.2. The molecular weight excluding hydrogens is 360 g/mol. The first kappa shape index (κ1) is 21.2. The molecule has 3 aromatic heterocycles. The Balaban J connectivity index is 1.79. The molecule has 0 bridgehead atoms. The maximum Gasteiger partial charge on any atom is 0.109 e. The molecule has 0 aliphatic rings. The molecule has 0 spiro atoms. The van der Waals surface area contributed by atoms with Gasteiger partial charge in [-0.3, -0.25) is 9.97 Å². The van der Waals surface area contributed by atoms with Crippen LogP contribution in [0.2, 0.25) is 0 Å². The van der Waals surface area contributed by atoms with Crippen molar-refractivity contribution in [1.82, 2.24) is 20.2 Å². The lowest BCUT2D eigenvalue weighted by atomic mass is 9.70. The third-order valence-corrected chi connectivity index (χ3v) is 6.24. The predicted molar refractivity (Wildman–Crippen MR) is 115 cm³/mol. The van der Waals surface area contributed by atoms with Crippen LogP contribution in [-0.4, -0.2) is 20.2 Å². The molecule has 0 aromatic carbocycles. The molecular formula is C24H32N4O. The van der Waals surface area contributed by atoms with Gasteiger partial charge in [0.25, 0.3) is 0 Å². The van der Waals surface area contributed by atoms with Gasteiger partial charge < -0.3 is 4.42 Å². The minimum Gasteiger partial charge on any atom is -0.469 e. The Bertz CT molecular complexity index is 876. The lowest BCUT2D eigenvalue weighted by Crippen LogP contribution is -2.31. The highest BCUT2D eigenvalue weighted by atomic mass is 16.3. The van der Waals surface area contributed by atoms with Crippen LogP contribution in [0.5, 0.6) is 0 Å². The Kier molecular flexibility index (Phi) is 6.15. The number of furan rings is 1. The van der Waals surface area contributed by atoms with Crippen LogP contribution < -0.4 is 0 Å². The minimum absolute atomic E-state index is 0.0343. The summed E-state index contributed by atoms with van der Waals surface area (Å²) in [5, 5.41) is 8.64. The molecule has 0 aliphatic carbocycles. The number of hydrogen-bond acceptors (Lipinski definition) is 5. The van der Waals surface area contributed by atoms with E-state index in [0.29, 0.717) is 0 Å². The largest absolute Gasteiger partial charge is 0.469 e. The summed E-state index contributed by atoms with van der Waals surface area (Å²) in [6.45, 7) is 11.3. The van der Waals surface area contributed by atoms with Crippen LogP contribution in [-0.2, 0) is 16.2 Å². The smallest absolute Gasteiger partial charge is 0.109 e. The molecule has 29 heavy (non-hydrogen) atoms. The van der Waals surface area contributed by atoms with E-state index in [4.69, 9.17) is 4.42 Å². The van der Waals surface area contributed by atoms with Gasteiger partial charge in [0, 0.05) is 41.0 Å². The fourth-order valence-electron chi connectivity index (χ4n) is 3.74. The van der Waals surface area contributed by atoms with E-state index in [1.807, 2.05) is 18.3 Å². The van der Waals surface area contributed by atoms with E-state index in [0.717, 1.165) is 42.8 Å². The van der Waals surface area contributed by atoms with E-state index in [1.54, 1.807) is 24.9 Å². The van der Waals surface area contributed by atoms with Crippen LogP contribution in [0.15, 0.2) is 59.7 Å². The average Bonchev–Trinajstić information content (AvgIpc) is 3.28. The quantitative estimate of drug-likeness (QED) is 0.472. The second-order valence-electron chi connectivity index (χ2n) is 9.51. The van der Waals surface area contributed by atoms with Crippen molar-refractivity contribution in [3.8, 4) is 0 Å². The molecule has 1 atom stereocenters. The summed E-state index contributed by atoms with van der Waals surface area (Å²) in [4.78, 5) is 8.80. The highest BCUT2D eigenvalue weighted by molar-refractivity contribution is 5.18. The molecule has 3 rings (SSSR count). The standard InChI is InChI=1S/C24H32N4O/c1-22(2,20-18-25-15-16-26-20)10-12-24(5,19-8-6-14-27-28-19)13-11-23(3,4)21-9-7-17-29-21/h6-9,14-18H,10-13H2,1-5H3. The van der Waals surface area contributed by atoms with Gasteiger partial charge in [-0.25, -0.2) is 0 Å². The van der Waals surface area contributed by atoms with Gasteiger partial charge in [-0.05, 0) is 49.9 Å². The third-order valence-electron chi connectivity index (χ3n) is 6.24. The van der Waals surface area contributed by atoms with Gasteiger partial charge in [0.1, 0.15) is 5.76 Å². The van der Waals surface area contributed by atoms with Crippen molar-refractivity contribution >= 4 is 0 Å². The molecule has 0 aliphatic heterocycles. The van der Waals surface area contributed by atoms with E-state index < -0.39 is 0 Å². The van der Waals surface area contributed by atoms with Crippen LogP contribution in [0.4, 0.5) is 0 Å². The first-order valence-electron chi connectivity index (χ1n) is 10.3. The number of hydrogen-bond donors (Lipinski definition) is 0. The van der Waals surface area contributed by atoms with Gasteiger partial charge in [-0.15, -0.1) is 0 Å². The number of aromatic nitrogens is 4. The summed E-state index contributed by atoms with van der Waals surface area (Å²) >= 11 is 0. The molecule has 0 amide bonds. The summed E-state index contributed by atoms with van der Waals surface area (Å²) in [5.74, 6) is 1.03. The van der Waals surface area contributed by atoms with Gasteiger partial charge in [0.05, 0.1) is 17.7 Å². The van der Waals surface area contributed by atoms with E-state index in [2.05, 4.69) is 66.9 Å². The highest BCUT2D eigenvalue weighted by Gasteiger charge is 2.35. The monoisotopic (exact) mass is 392 g/mol. The summed E-state index contributed by atoms with van der Waals surface area (Å²) < 4.78 is 5.70. The highest BCUT2D eigenvalue weighted by Crippen LogP contribution is 2.41. The molecule has 0 saturated carbocycles. The summed E-state index contributed by atoms with van der Waals surface area (Å²) in [6, 6.07) is 8.10. The van der Waals surface area contributed by atoms with Gasteiger partial charge in [-0.1, -0.05) is 34.6 Å². The Hall–Kier alpha value is -2.56. The molecule has 0 fully saturated rings. The SMILES string of the molecule is CC(C)(CCC(C)(CCC(C)(C)c1ccco1)c1cccnn1)c1cnccn1. The van der Waals surface area contributed by atoms with Crippen molar-refractivity contribution in [3.05, 3.63) is 72.5 Å². The summed E-state index contributed by atoms with van der Waals surface area (Å²) in [5.41, 5.74) is 1.89. The Morgan fingerprint density at radius 2 is 1.55 bits per heavy atom. The fraction of sp³-hybridized carbons (Fsp3) is 0.500. The molecule has 5 nitrogen and oxygen atoms in total. The van der Waals surface area contributed by atoms with Crippen LogP contribution in [0.3, 0.4) is 0 Å². The molecule has 3 aromatic rings. The predicted octanol–water partition coefficient (Wildman–Crippen LogP) is 5.63. The first-order valence-corrected chi connectivity index (χ1v) is 10.3. The van der Waals surface area contributed by atoms with Crippen molar-refractivity contribution in [3.63, 3.8) is 0 Å². The van der Waals surface area contributed by atoms with Crippen LogP contribution in [0.1, 0.15) is 77.5 Å². The van der Waals surface area contributed by atoms with E-state index in [1.165, 1.54) is 0 Å². The molecule has 0 N–H and O–H groups in total. The molecule has 0 radical (unpaired) electrons. The normalized spacial score (nSPS) is 14.5. The second kappa shape index (κ2) is 8.44. The number of nitrogens with zero attached hydrogens (tertiary/aromatic N) is 4. The van der Waals surface area contributed by atoms with Crippen molar-refractivity contribution < 1.29 is 4.42 Å². The van der Waals surface area contributed by atoms with E-state index in [9.17, 15) is 0 Å². The fourth-order valence-corrected chi connectivity index (χ4v) is 3.74. The second-order valence-corrected chi connectivity index (χ2v) is 9.51. The van der Waals surface area contributed by atoms with Gasteiger partial charge in [-0.2, -0.15) is 10.2 Å².